The first-order valence-corrected chi connectivity index (χ1v) is 5.26. The Bertz CT molecular complexity index is 407. The zero-order valence-electron chi connectivity index (χ0n) is 8.29. The molecule has 0 aliphatic carbocycles. The molecule has 0 unspecified atom stereocenters. The lowest BCUT2D eigenvalue weighted by atomic mass is 10.3. The zero-order chi connectivity index (χ0) is 11.1. The summed E-state index contributed by atoms with van der Waals surface area (Å²) in [4.78, 5) is 14.9. The Hall–Kier alpha value is -1.34. The topological polar surface area (TPSA) is 39.2 Å². The van der Waals surface area contributed by atoms with Gasteiger partial charge < -0.3 is 4.74 Å². The maximum Gasteiger partial charge on any atom is 0.317 e. The molecule has 3 nitrogen and oxygen atoms in total. The zero-order valence-corrected chi connectivity index (χ0v) is 9.87. The van der Waals surface area contributed by atoms with Crippen LogP contribution >= 0.6 is 15.9 Å². The second kappa shape index (κ2) is 6.20. The van der Waals surface area contributed by atoms with Crippen molar-refractivity contribution in [3.8, 4) is 11.8 Å². The van der Waals surface area contributed by atoms with Crippen molar-refractivity contribution in [2.24, 2.45) is 0 Å². The van der Waals surface area contributed by atoms with Crippen molar-refractivity contribution in [3.63, 3.8) is 0 Å². The molecular weight excluding hydrogens is 258 g/mol. The molecule has 1 aromatic heterocycles. The highest BCUT2D eigenvalue weighted by atomic mass is 79.9. The number of rotatable bonds is 2. The Balaban J connectivity index is 2.55. The number of carbonyl (C=O) groups is 1. The average molecular weight is 268 g/mol. The molecule has 0 atom stereocenters. The molecule has 1 heterocycles. The number of ether oxygens (including phenoxy) is 1. The molecule has 0 radical (unpaired) electrons. The standard InChI is InChI=1S/C11H10BrNO2/c1-2-15-11(14)5-3-4-9-6-10(12)8-13-7-9/h6-8H,2,5H2,1H3. The molecule has 0 aliphatic rings. The summed E-state index contributed by atoms with van der Waals surface area (Å²) in [6.45, 7) is 2.16. The molecule has 0 saturated heterocycles. The van der Waals surface area contributed by atoms with Gasteiger partial charge in [-0.25, -0.2) is 0 Å². The van der Waals surface area contributed by atoms with Gasteiger partial charge in [-0.2, -0.15) is 0 Å². The largest absolute Gasteiger partial charge is 0.465 e. The fraction of sp³-hybridized carbons (Fsp3) is 0.273. The minimum Gasteiger partial charge on any atom is -0.465 e. The van der Waals surface area contributed by atoms with Crippen molar-refractivity contribution in [1.29, 1.82) is 0 Å². The Kier molecular flexibility index (Phi) is 4.85. The predicted molar refractivity (Wildman–Crippen MR) is 60.1 cm³/mol. The van der Waals surface area contributed by atoms with Gasteiger partial charge in [0.2, 0.25) is 0 Å². The molecule has 0 fully saturated rings. The molecule has 0 amide bonds. The number of hydrogen-bond acceptors (Lipinski definition) is 3. The first kappa shape index (κ1) is 11.7. The Morgan fingerprint density at radius 1 is 1.60 bits per heavy atom. The van der Waals surface area contributed by atoms with Gasteiger partial charge >= 0.3 is 5.97 Å². The van der Waals surface area contributed by atoms with E-state index in [1.54, 1.807) is 19.3 Å². The number of carbonyl (C=O) groups excluding carboxylic acids is 1. The van der Waals surface area contributed by atoms with Crippen molar-refractivity contribution >= 4 is 21.9 Å². The van der Waals surface area contributed by atoms with Crippen LogP contribution in [0.5, 0.6) is 0 Å². The molecule has 1 aromatic rings. The molecule has 1 rings (SSSR count). The second-order valence-corrected chi connectivity index (χ2v) is 3.59. The Labute approximate surface area is 97.0 Å². The lowest BCUT2D eigenvalue weighted by Gasteiger charge is -1.94. The molecule has 0 saturated carbocycles. The smallest absolute Gasteiger partial charge is 0.317 e. The first-order chi connectivity index (χ1) is 7.22. The number of esters is 1. The average Bonchev–Trinajstić information content (AvgIpc) is 2.18. The first-order valence-electron chi connectivity index (χ1n) is 4.47. The Morgan fingerprint density at radius 3 is 3.07 bits per heavy atom. The van der Waals surface area contributed by atoms with E-state index in [2.05, 4.69) is 32.8 Å². The highest BCUT2D eigenvalue weighted by Crippen LogP contribution is 2.08. The lowest BCUT2D eigenvalue weighted by molar-refractivity contribution is -0.141. The number of pyridine rings is 1. The van der Waals surface area contributed by atoms with Crippen LogP contribution in [-0.2, 0) is 9.53 Å². The van der Waals surface area contributed by atoms with Crippen LogP contribution in [0.15, 0.2) is 22.9 Å². The van der Waals surface area contributed by atoms with E-state index >= 15 is 0 Å². The summed E-state index contributed by atoms with van der Waals surface area (Å²) in [5, 5.41) is 0. The lowest BCUT2D eigenvalue weighted by Crippen LogP contribution is -2.01. The van der Waals surface area contributed by atoms with Gasteiger partial charge in [0.25, 0.3) is 0 Å². The van der Waals surface area contributed by atoms with E-state index in [4.69, 9.17) is 4.74 Å². The van der Waals surface area contributed by atoms with Crippen LogP contribution in [-0.4, -0.2) is 17.6 Å². The van der Waals surface area contributed by atoms with E-state index in [-0.39, 0.29) is 12.4 Å². The van der Waals surface area contributed by atoms with Crippen LogP contribution in [0.2, 0.25) is 0 Å². The van der Waals surface area contributed by atoms with E-state index in [9.17, 15) is 4.79 Å². The molecule has 0 N–H and O–H groups in total. The van der Waals surface area contributed by atoms with Gasteiger partial charge in [-0.15, -0.1) is 0 Å². The van der Waals surface area contributed by atoms with Crippen LogP contribution in [0.4, 0.5) is 0 Å². The third-order valence-electron chi connectivity index (χ3n) is 1.48. The van der Waals surface area contributed by atoms with E-state index in [1.165, 1.54) is 0 Å². The van der Waals surface area contributed by atoms with Gasteiger partial charge in [-0.3, -0.25) is 9.78 Å². The van der Waals surface area contributed by atoms with Crippen molar-refractivity contribution in [2.75, 3.05) is 6.61 Å². The fourth-order valence-corrected chi connectivity index (χ4v) is 1.28. The summed E-state index contributed by atoms with van der Waals surface area (Å²) in [6.07, 6.45) is 3.43. The molecule has 0 bridgehead atoms. The normalized spacial score (nSPS) is 8.93. The van der Waals surface area contributed by atoms with E-state index in [0.717, 1.165) is 10.0 Å². The number of hydrogen-bond donors (Lipinski definition) is 0. The predicted octanol–water partition coefficient (Wildman–Crippen LogP) is 2.15. The summed E-state index contributed by atoms with van der Waals surface area (Å²) in [5.74, 6) is 5.26. The minimum absolute atomic E-state index is 0.111. The second-order valence-electron chi connectivity index (χ2n) is 2.68. The van der Waals surface area contributed by atoms with Gasteiger partial charge in [0.1, 0.15) is 6.42 Å². The van der Waals surface area contributed by atoms with Crippen LogP contribution in [0.3, 0.4) is 0 Å². The monoisotopic (exact) mass is 267 g/mol. The van der Waals surface area contributed by atoms with Crippen LogP contribution < -0.4 is 0 Å². The minimum atomic E-state index is -0.298. The van der Waals surface area contributed by atoms with Gasteiger partial charge in [0.05, 0.1) is 6.61 Å². The molecule has 0 aromatic carbocycles. The maximum absolute atomic E-state index is 11.0. The highest BCUT2D eigenvalue weighted by molar-refractivity contribution is 9.10. The van der Waals surface area contributed by atoms with E-state index < -0.39 is 0 Å². The summed E-state index contributed by atoms with van der Waals surface area (Å²) < 4.78 is 5.60. The van der Waals surface area contributed by atoms with Crippen LogP contribution in [0.1, 0.15) is 18.9 Å². The molecule has 15 heavy (non-hydrogen) atoms. The molecular formula is C11H10BrNO2. The summed E-state index contributed by atoms with van der Waals surface area (Å²) in [7, 11) is 0. The number of halogens is 1. The van der Waals surface area contributed by atoms with Crippen molar-refractivity contribution in [1.82, 2.24) is 4.98 Å². The molecule has 78 valence electrons. The molecule has 0 aliphatic heterocycles. The van der Waals surface area contributed by atoms with Gasteiger partial charge in [0.15, 0.2) is 0 Å². The molecule has 4 heteroatoms. The van der Waals surface area contributed by atoms with E-state index in [0.29, 0.717) is 6.61 Å². The van der Waals surface area contributed by atoms with Crippen LogP contribution in [0.25, 0.3) is 0 Å². The highest BCUT2D eigenvalue weighted by Gasteiger charge is 1.96. The van der Waals surface area contributed by atoms with Gasteiger partial charge in [-0.1, -0.05) is 11.8 Å². The Morgan fingerprint density at radius 2 is 2.40 bits per heavy atom. The van der Waals surface area contributed by atoms with Crippen molar-refractivity contribution in [2.45, 2.75) is 13.3 Å². The summed E-state index contributed by atoms with van der Waals surface area (Å²) in [5.41, 5.74) is 0.772. The number of aromatic nitrogens is 1. The summed E-state index contributed by atoms with van der Waals surface area (Å²) >= 11 is 3.29. The van der Waals surface area contributed by atoms with Gasteiger partial charge in [-0.05, 0) is 28.9 Å². The maximum atomic E-state index is 11.0. The summed E-state index contributed by atoms with van der Waals surface area (Å²) in [6, 6.07) is 1.84. The molecule has 0 spiro atoms. The SMILES string of the molecule is CCOC(=O)CC#Cc1cncc(Br)c1. The fourth-order valence-electron chi connectivity index (χ4n) is 0.911. The third kappa shape index (κ3) is 4.61. The third-order valence-corrected chi connectivity index (χ3v) is 1.91. The van der Waals surface area contributed by atoms with Gasteiger partial charge in [0, 0.05) is 22.4 Å². The van der Waals surface area contributed by atoms with Crippen molar-refractivity contribution < 1.29 is 9.53 Å². The number of nitrogens with zero attached hydrogens (tertiary/aromatic N) is 1. The van der Waals surface area contributed by atoms with Crippen LogP contribution in [0, 0.1) is 11.8 Å². The quantitative estimate of drug-likeness (QED) is 0.609. The van der Waals surface area contributed by atoms with E-state index in [1.807, 2.05) is 6.07 Å². The van der Waals surface area contributed by atoms with Crippen molar-refractivity contribution in [3.05, 3.63) is 28.5 Å².